The molecule has 0 spiro atoms. The van der Waals surface area contributed by atoms with Crippen LogP contribution in [-0.4, -0.2) is 27.9 Å². The number of fused-ring (bicyclic) bond motifs is 3. The summed E-state index contributed by atoms with van der Waals surface area (Å²) < 4.78 is 13.2. The van der Waals surface area contributed by atoms with Crippen molar-refractivity contribution in [1.29, 1.82) is 0 Å². The van der Waals surface area contributed by atoms with Gasteiger partial charge in [-0.1, -0.05) is 24.3 Å². The lowest BCUT2D eigenvalue weighted by Gasteiger charge is -2.39. The number of aromatic nitrogens is 1. The molecule has 136 valence electrons. The third kappa shape index (κ3) is 2.80. The number of benzene rings is 2. The van der Waals surface area contributed by atoms with Gasteiger partial charge in [0.2, 0.25) is 0 Å². The van der Waals surface area contributed by atoms with Gasteiger partial charge in [-0.15, -0.1) is 0 Å². The largest absolute Gasteiger partial charge is 0.333 e. The molecule has 3 aromatic rings. The molecule has 2 aliphatic rings. The summed E-state index contributed by atoms with van der Waals surface area (Å²) in [5.41, 5.74) is 2.80. The SMILES string of the molecule is O=C(c1cccc2ncccc12)N1[C@@H]2CC[C@H]1CC(c1ccc(F)cc1)C2. The predicted octanol–water partition coefficient (Wildman–Crippen LogP) is 4.92. The van der Waals surface area contributed by atoms with Gasteiger partial charge in [0, 0.05) is 29.2 Å². The van der Waals surface area contributed by atoms with Gasteiger partial charge in [0.1, 0.15) is 5.82 Å². The van der Waals surface area contributed by atoms with Gasteiger partial charge >= 0.3 is 0 Å². The number of rotatable bonds is 2. The highest BCUT2D eigenvalue weighted by molar-refractivity contribution is 6.06. The first-order valence-electron chi connectivity index (χ1n) is 9.62. The van der Waals surface area contributed by atoms with Crippen molar-refractivity contribution < 1.29 is 9.18 Å². The first-order chi connectivity index (χ1) is 13.2. The Kier molecular flexibility index (Phi) is 3.92. The standard InChI is InChI=1S/C23H21FN2O/c24-17-8-6-15(7-9-17)16-13-18-10-11-19(14-16)26(18)23(27)21-3-1-5-22-20(21)4-2-12-25-22/h1-9,12,16,18-19H,10-11,13-14H2/t16?,18-,19+. The Morgan fingerprint density at radius 3 is 2.44 bits per heavy atom. The molecule has 2 saturated heterocycles. The van der Waals surface area contributed by atoms with E-state index in [1.165, 1.54) is 17.7 Å². The zero-order valence-corrected chi connectivity index (χ0v) is 15.0. The number of piperidine rings is 1. The molecule has 2 fully saturated rings. The smallest absolute Gasteiger partial charge is 0.255 e. The second kappa shape index (κ2) is 6.45. The third-order valence-corrected chi connectivity index (χ3v) is 6.19. The van der Waals surface area contributed by atoms with Gasteiger partial charge in [0.25, 0.3) is 5.91 Å². The van der Waals surface area contributed by atoms with Crippen molar-refractivity contribution in [3.63, 3.8) is 0 Å². The molecule has 3 nitrogen and oxygen atoms in total. The molecule has 0 aliphatic carbocycles. The molecule has 1 unspecified atom stereocenters. The van der Waals surface area contributed by atoms with E-state index >= 15 is 0 Å². The number of amides is 1. The van der Waals surface area contributed by atoms with Gasteiger partial charge in [-0.2, -0.15) is 0 Å². The minimum absolute atomic E-state index is 0.124. The molecule has 3 atom stereocenters. The summed E-state index contributed by atoms with van der Waals surface area (Å²) in [6.07, 6.45) is 5.77. The molecule has 1 amide bonds. The molecule has 1 aromatic heterocycles. The Hall–Kier alpha value is -2.75. The van der Waals surface area contributed by atoms with Gasteiger partial charge in [0.15, 0.2) is 0 Å². The number of nitrogens with zero attached hydrogens (tertiary/aromatic N) is 2. The van der Waals surface area contributed by atoms with Crippen molar-refractivity contribution in [1.82, 2.24) is 9.88 Å². The van der Waals surface area contributed by atoms with Gasteiger partial charge in [0.05, 0.1) is 5.52 Å². The minimum Gasteiger partial charge on any atom is -0.333 e. The average molecular weight is 360 g/mol. The van der Waals surface area contributed by atoms with Crippen LogP contribution in [0.15, 0.2) is 60.8 Å². The van der Waals surface area contributed by atoms with Crippen molar-refractivity contribution in [2.75, 3.05) is 0 Å². The highest BCUT2D eigenvalue weighted by atomic mass is 19.1. The van der Waals surface area contributed by atoms with Crippen LogP contribution in [0.1, 0.15) is 47.5 Å². The fraction of sp³-hybridized carbons (Fsp3) is 0.304. The van der Waals surface area contributed by atoms with Crippen LogP contribution in [0.3, 0.4) is 0 Å². The lowest BCUT2D eigenvalue weighted by molar-refractivity contribution is 0.0573. The molecule has 5 rings (SSSR count). The Morgan fingerprint density at radius 1 is 0.963 bits per heavy atom. The zero-order chi connectivity index (χ0) is 18.4. The van der Waals surface area contributed by atoms with Crippen LogP contribution in [0.5, 0.6) is 0 Å². The fourth-order valence-electron chi connectivity index (χ4n) is 4.94. The molecule has 0 N–H and O–H groups in total. The van der Waals surface area contributed by atoms with Crippen molar-refractivity contribution >= 4 is 16.8 Å². The van der Waals surface area contributed by atoms with Gasteiger partial charge in [-0.25, -0.2) is 4.39 Å². The number of hydrogen-bond donors (Lipinski definition) is 0. The summed E-state index contributed by atoms with van der Waals surface area (Å²) in [5, 5.41) is 0.921. The van der Waals surface area contributed by atoms with Crippen LogP contribution in [0.25, 0.3) is 10.9 Å². The number of hydrogen-bond acceptors (Lipinski definition) is 2. The predicted molar refractivity (Wildman–Crippen MR) is 103 cm³/mol. The maximum absolute atomic E-state index is 13.4. The second-order valence-electron chi connectivity index (χ2n) is 7.69. The topological polar surface area (TPSA) is 33.2 Å². The van der Waals surface area contributed by atoms with Crippen LogP contribution in [0.4, 0.5) is 4.39 Å². The van der Waals surface area contributed by atoms with Crippen molar-refractivity contribution in [2.45, 2.75) is 43.7 Å². The highest BCUT2D eigenvalue weighted by Crippen LogP contribution is 2.44. The summed E-state index contributed by atoms with van der Waals surface area (Å²) in [6, 6.07) is 17.0. The molecule has 2 bridgehead atoms. The van der Waals surface area contributed by atoms with E-state index in [0.717, 1.165) is 42.1 Å². The molecule has 2 aromatic carbocycles. The number of carbonyl (C=O) groups excluding carboxylic acids is 1. The lowest BCUT2D eigenvalue weighted by Crippen LogP contribution is -2.46. The summed E-state index contributed by atoms with van der Waals surface area (Å²) >= 11 is 0. The van der Waals surface area contributed by atoms with Gasteiger partial charge < -0.3 is 4.90 Å². The van der Waals surface area contributed by atoms with E-state index in [2.05, 4.69) is 9.88 Å². The van der Waals surface area contributed by atoms with Crippen LogP contribution >= 0.6 is 0 Å². The summed E-state index contributed by atoms with van der Waals surface area (Å²) in [5.74, 6) is 0.332. The molecule has 0 radical (unpaired) electrons. The molecule has 0 saturated carbocycles. The Labute approximate surface area is 157 Å². The third-order valence-electron chi connectivity index (χ3n) is 6.19. The second-order valence-corrected chi connectivity index (χ2v) is 7.69. The normalized spacial score (nSPS) is 24.3. The maximum atomic E-state index is 13.4. The lowest BCUT2D eigenvalue weighted by atomic mass is 9.84. The first-order valence-corrected chi connectivity index (χ1v) is 9.62. The number of carbonyl (C=O) groups is 1. The fourth-order valence-corrected chi connectivity index (χ4v) is 4.94. The van der Waals surface area contributed by atoms with Crippen LogP contribution < -0.4 is 0 Å². The number of halogens is 1. The maximum Gasteiger partial charge on any atom is 0.255 e. The van der Waals surface area contributed by atoms with Crippen molar-refractivity contribution in [3.05, 3.63) is 77.7 Å². The zero-order valence-electron chi connectivity index (χ0n) is 15.0. The molecular formula is C23H21FN2O. The van der Waals surface area contributed by atoms with E-state index in [9.17, 15) is 9.18 Å². The highest BCUT2D eigenvalue weighted by Gasteiger charge is 2.43. The summed E-state index contributed by atoms with van der Waals surface area (Å²) in [6.45, 7) is 0. The van der Waals surface area contributed by atoms with E-state index in [-0.39, 0.29) is 23.8 Å². The Bertz CT molecular complexity index is 981. The Balaban J connectivity index is 1.44. The molecule has 3 heterocycles. The monoisotopic (exact) mass is 360 g/mol. The van der Waals surface area contributed by atoms with E-state index in [1.807, 2.05) is 42.5 Å². The molecule has 2 aliphatic heterocycles. The van der Waals surface area contributed by atoms with Crippen LogP contribution in [0.2, 0.25) is 0 Å². The quantitative estimate of drug-likeness (QED) is 0.649. The summed E-state index contributed by atoms with van der Waals surface area (Å²) in [7, 11) is 0. The van der Waals surface area contributed by atoms with Crippen molar-refractivity contribution in [2.24, 2.45) is 0 Å². The van der Waals surface area contributed by atoms with Crippen molar-refractivity contribution in [3.8, 4) is 0 Å². The van der Waals surface area contributed by atoms with Crippen LogP contribution in [0, 0.1) is 5.82 Å². The van der Waals surface area contributed by atoms with Gasteiger partial charge in [-0.3, -0.25) is 9.78 Å². The van der Waals surface area contributed by atoms with E-state index < -0.39 is 0 Å². The summed E-state index contributed by atoms with van der Waals surface area (Å²) in [4.78, 5) is 19.9. The van der Waals surface area contributed by atoms with Gasteiger partial charge in [-0.05, 0) is 67.5 Å². The average Bonchev–Trinajstić information content (AvgIpc) is 2.97. The van der Waals surface area contributed by atoms with E-state index in [0.29, 0.717) is 5.92 Å². The molecule has 27 heavy (non-hydrogen) atoms. The first kappa shape index (κ1) is 16.4. The molecular weight excluding hydrogens is 339 g/mol. The Morgan fingerprint density at radius 2 is 1.70 bits per heavy atom. The van der Waals surface area contributed by atoms with E-state index in [4.69, 9.17) is 0 Å². The van der Waals surface area contributed by atoms with E-state index in [1.54, 1.807) is 6.20 Å². The number of pyridine rings is 1. The minimum atomic E-state index is -0.195. The van der Waals surface area contributed by atoms with Crippen LogP contribution in [-0.2, 0) is 0 Å². The molecule has 4 heteroatoms.